The van der Waals surface area contributed by atoms with E-state index in [0.29, 0.717) is 13.2 Å². The van der Waals surface area contributed by atoms with E-state index in [1.807, 2.05) is 38.1 Å². The first-order chi connectivity index (χ1) is 11.0. The molecule has 0 bridgehead atoms. The molecule has 1 atom stereocenters. The molecule has 0 heterocycles. The summed E-state index contributed by atoms with van der Waals surface area (Å²) in [6, 6.07) is 7.54. The van der Waals surface area contributed by atoms with Crippen molar-refractivity contribution in [3.05, 3.63) is 29.8 Å². The van der Waals surface area contributed by atoms with Gasteiger partial charge in [0.15, 0.2) is 0 Å². The fourth-order valence-electron chi connectivity index (χ4n) is 2.38. The number of aliphatic hydroxyl groups excluding tert-OH is 1. The molecule has 128 valence electrons. The van der Waals surface area contributed by atoms with Crippen LogP contribution < -0.4 is 5.32 Å². The molecule has 0 radical (unpaired) electrons. The number of carbonyl (C=O) groups excluding carboxylic acids is 1. The second-order valence-electron chi connectivity index (χ2n) is 6.68. The maximum Gasteiger partial charge on any atom is 0.322 e. The molecule has 2 N–H and O–H groups in total. The van der Waals surface area contributed by atoms with E-state index in [1.54, 1.807) is 11.8 Å². The molecule has 1 fully saturated rings. The Hall–Kier alpha value is -1.59. The van der Waals surface area contributed by atoms with Crippen LogP contribution in [-0.2, 0) is 11.3 Å². The summed E-state index contributed by atoms with van der Waals surface area (Å²) in [6.07, 6.45) is 2.01. The molecule has 0 saturated heterocycles. The third-order valence-corrected chi connectivity index (χ3v) is 3.84. The lowest BCUT2D eigenvalue weighted by atomic mass is 10.2. The number of carbonyl (C=O) groups is 1. The number of amides is 2. The lowest BCUT2D eigenvalue weighted by molar-refractivity contribution is 0.111. The minimum atomic E-state index is -0.551. The molecule has 5 nitrogen and oxygen atoms in total. The molecular formula is C18H28N2O3. The molecule has 1 aliphatic carbocycles. The fourth-order valence-corrected chi connectivity index (χ4v) is 2.38. The number of rotatable bonds is 8. The molecule has 0 spiro atoms. The van der Waals surface area contributed by atoms with Crippen LogP contribution in [0.3, 0.4) is 0 Å². The summed E-state index contributed by atoms with van der Waals surface area (Å²) in [5, 5.41) is 12.4. The van der Waals surface area contributed by atoms with Crippen molar-refractivity contribution in [2.45, 2.75) is 52.4 Å². The van der Waals surface area contributed by atoms with Crippen LogP contribution >= 0.6 is 0 Å². The van der Waals surface area contributed by atoms with Crippen LogP contribution in [0.2, 0.25) is 0 Å². The highest BCUT2D eigenvalue weighted by molar-refractivity contribution is 5.89. The number of benzene rings is 1. The minimum absolute atomic E-state index is 0.0228. The van der Waals surface area contributed by atoms with Crippen LogP contribution in [0, 0.1) is 5.92 Å². The molecule has 0 aliphatic heterocycles. The Morgan fingerprint density at radius 3 is 2.74 bits per heavy atom. The lowest BCUT2D eigenvalue weighted by Crippen LogP contribution is -2.43. The zero-order valence-corrected chi connectivity index (χ0v) is 14.3. The van der Waals surface area contributed by atoms with Crippen molar-refractivity contribution >= 4 is 11.7 Å². The second-order valence-corrected chi connectivity index (χ2v) is 6.68. The first-order valence-corrected chi connectivity index (χ1v) is 8.38. The summed E-state index contributed by atoms with van der Waals surface area (Å²) in [6.45, 7) is 7.26. The summed E-state index contributed by atoms with van der Waals surface area (Å²) in [5.41, 5.74) is 1.80. The van der Waals surface area contributed by atoms with Gasteiger partial charge in [-0.2, -0.15) is 0 Å². The van der Waals surface area contributed by atoms with Crippen LogP contribution in [0.1, 0.15) is 39.2 Å². The molecular weight excluding hydrogens is 292 g/mol. The fraction of sp³-hybridized carbons (Fsp3) is 0.611. The van der Waals surface area contributed by atoms with Gasteiger partial charge in [-0.3, -0.25) is 0 Å². The van der Waals surface area contributed by atoms with Crippen LogP contribution in [-0.4, -0.2) is 41.3 Å². The van der Waals surface area contributed by atoms with E-state index in [0.717, 1.165) is 23.8 Å². The normalized spacial score (nSPS) is 15.5. The van der Waals surface area contributed by atoms with Gasteiger partial charge in [-0.25, -0.2) is 4.79 Å². The SMILES string of the molecule is CC(O)CN(C(=O)Nc1cccc(COCC2CC2)c1)C(C)C. The van der Waals surface area contributed by atoms with E-state index in [-0.39, 0.29) is 12.1 Å². The number of anilines is 1. The molecule has 1 unspecified atom stereocenters. The molecule has 1 aromatic carbocycles. The third-order valence-electron chi connectivity index (χ3n) is 3.84. The van der Waals surface area contributed by atoms with Crippen LogP contribution in [0.5, 0.6) is 0 Å². The average Bonchev–Trinajstić information content (AvgIpc) is 3.29. The number of urea groups is 1. The Kier molecular flexibility index (Phi) is 6.42. The smallest absolute Gasteiger partial charge is 0.322 e. The zero-order chi connectivity index (χ0) is 16.8. The zero-order valence-electron chi connectivity index (χ0n) is 14.3. The van der Waals surface area contributed by atoms with Gasteiger partial charge in [0, 0.05) is 24.9 Å². The van der Waals surface area contributed by atoms with E-state index in [1.165, 1.54) is 12.8 Å². The first kappa shape index (κ1) is 17.8. The first-order valence-electron chi connectivity index (χ1n) is 8.38. The van der Waals surface area contributed by atoms with E-state index < -0.39 is 6.10 Å². The van der Waals surface area contributed by atoms with Crippen LogP contribution in [0.25, 0.3) is 0 Å². The van der Waals surface area contributed by atoms with Gasteiger partial charge in [0.25, 0.3) is 0 Å². The number of aliphatic hydroxyl groups is 1. The predicted molar refractivity (Wildman–Crippen MR) is 91.4 cm³/mol. The Balaban J connectivity index is 1.90. The van der Waals surface area contributed by atoms with Crippen molar-refractivity contribution in [1.29, 1.82) is 0 Å². The van der Waals surface area contributed by atoms with Crippen molar-refractivity contribution in [2.24, 2.45) is 5.92 Å². The highest BCUT2D eigenvalue weighted by Gasteiger charge is 2.21. The predicted octanol–water partition coefficient (Wildman–Crippen LogP) is 3.24. The number of nitrogens with zero attached hydrogens (tertiary/aromatic N) is 1. The largest absolute Gasteiger partial charge is 0.392 e. The highest BCUT2D eigenvalue weighted by atomic mass is 16.5. The topological polar surface area (TPSA) is 61.8 Å². The highest BCUT2D eigenvalue weighted by Crippen LogP contribution is 2.29. The van der Waals surface area contributed by atoms with Gasteiger partial charge in [0.05, 0.1) is 12.7 Å². The van der Waals surface area contributed by atoms with Gasteiger partial charge in [0.1, 0.15) is 0 Å². The lowest BCUT2D eigenvalue weighted by Gasteiger charge is -2.28. The number of hydrogen-bond acceptors (Lipinski definition) is 3. The molecule has 2 amide bonds. The molecule has 1 aliphatic rings. The Labute approximate surface area is 138 Å². The van der Waals surface area contributed by atoms with Gasteiger partial charge >= 0.3 is 6.03 Å². The maximum atomic E-state index is 12.4. The minimum Gasteiger partial charge on any atom is -0.392 e. The second kappa shape index (κ2) is 8.31. The summed E-state index contributed by atoms with van der Waals surface area (Å²) in [5.74, 6) is 0.748. The quantitative estimate of drug-likeness (QED) is 0.773. The Morgan fingerprint density at radius 2 is 2.13 bits per heavy atom. The molecule has 1 saturated carbocycles. The number of ether oxygens (including phenoxy) is 1. The summed E-state index contributed by atoms with van der Waals surface area (Å²) < 4.78 is 5.69. The Morgan fingerprint density at radius 1 is 1.39 bits per heavy atom. The van der Waals surface area contributed by atoms with Gasteiger partial charge in [-0.15, -0.1) is 0 Å². The third kappa shape index (κ3) is 6.20. The number of hydrogen-bond donors (Lipinski definition) is 2. The summed E-state index contributed by atoms with van der Waals surface area (Å²) in [4.78, 5) is 14.0. The van der Waals surface area contributed by atoms with Gasteiger partial charge in [0.2, 0.25) is 0 Å². The maximum absolute atomic E-state index is 12.4. The van der Waals surface area contributed by atoms with Crippen molar-refractivity contribution in [3.8, 4) is 0 Å². The van der Waals surface area contributed by atoms with Gasteiger partial charge in [-0.05, 0) is 57.2 Å². The van der Waals surface area contributed by atoms with Crippen molar-refractivity contribution < 1.29 is 14.6 Å². The molecule has 1 aromatic rings. The van der Waals surface area contributed by atoms with E-state index in [2.05, 4.69) is 5.32 Å². The van der Waals surface area contributed by atoms with Crippen molar-refractivity contribution in [1.82, 2.24) is 4.90 Å². The number of nitrogens with one attached hydrogen (secondary N) is 1. The Bertz CT molecular complexity index is 513. The van der Waals surface area contributed by atoms with Gasteiger partial charge < -0.3 is 20.1 Å². The van der Waals surface area contributed by atoms with E-state index >= 15 is 0 Å². The molecule has 23 heavy (non-hydrogen) atoms. The summed E-state index contributed by atoms with van der Waals surface area (Å²) >= 11 is 0. The van der Waals surface area contributed by atoms with Crippen LogP contribution in [0.15, 0.2) is 24.3 Å². The monoisotopic (exact) mass is 320 g/mol. The molecule has 2 rings (SSSR count). The van der Waals surface area contributed by atoms with E-state index in [4.69, 9.17) is 4.74 Å². The average molecular weight is 320 g/mol. The van der Waals surface area contributed by atoms with Gasteiger partial charge in [-0.1, -0.05) is 12.1 Å². The standard InChI is InChI=1S/C18H28N2O3/c1-13(2)20(10-14(3)21)18(22)19-17-6-4-5-16(9-17)12-23-11-15-7-8-15/h4-6,9,13-15,21H,7-8,10-12H2,1-3H3,(H,19,22). The molecule has 0 aromatic heterocycles. The molecule has 5 heteroatoms. The van der Waals surface area contributed by atoms with E-state index in [9.17, 15) is 9.90 Å². The van der Waals surface area contributed by atoms with Crippen LogP contribution in [0.4, 0.5) is 10.5 Å². The van der Waals surface area contributed by atoms with Crippen molar-refractivity contribution in [3.63, 3.8) is 0 Å². The summed E-state index contributed by atoms with van der Waals surface area (Å²) in [7, 11) is 0. The van der Waals surface area contributed by atoms with Crippen molar-refractivity contribution in [2.75, 3.05) is 18.5 Å².